The van der Waals surface area contributed by atoms with E-state index >= 15 is 0 Å². The van der Waals surface area contributed by atoms with Crippen LogP contribution in [0.25, 0.3) is 10.2 Å². The highest BCUT2D eigenvalue weighted by molar-refractivity contribution is 7.21. The van der Waals surface area contributed by atoms with Crippen LogP contribution in [0.1, 0.15) is 13.8 Å². The largest absolute Gasteiger partial charge is 0.510 e. The second kappa shape index (κ2) is 5.46. The van der Waals surface area contributed by atoms with E-state index in [4.69, 9.17) is 11.6 Å². The minimum Gasteiger partial charge on any atom is -0.510 e. The lowest BCUT2D eigenvalue weighted by molar-refractivity contribution is -0.113. The molecule has 0 atom stereocenters. The summed E-state index contributed by atoms with van der Waals surface area (Å²) in [5.41, 5.74) is 0.690. The van der Waals surface area contributed by atoms with Gasteiger partial charge in [0.05, 0.1) is 10.2 Å². The Balaban J connectivity index is 2.36. The van der Waals surface area contributed by atoms with Crippen LogP contribution in [0.4, 0.5) is 5.13 Å². The van der Waals surface area contributed by atoms with Crippen LogP contribution in [0, 0.1) is 0 Å². The molecule has 5 nitrogen and oxygen atoms in total. The van der Waals surface area contributed by atoms with Gasteiger partial charge in [-0.3, -0.25) is 4.79 Å². The third-order valence-electron chi connectivity index (χ3n) is 2.25. The van der Waals surface area contributed by atoms with Gasteiger partial charge in [-0.25, -0.2) is 4.98 Å². The van der Waals surface area contributed by atoms with Crippen LogP contribution >= 0.6 is 22.9 Å². The summed E-state index contributed by atoms with van der Waals surface area (Å²) in [7, 11) is 0. The summed E-state index contributed by atoms with van der Waals surface area (Å²) in [5.74, 6) is -0.520. The molecule has 1 aromatic heterocycles. The molecule has 7 heteroatoms. The Hall–Kier alpha value is -1.79. The number of azo groups is 1. The molecule has 0 aliphatic carbocycles. The number of Topliss-reactive ketones (excluding diaryl/α,β-unsaturated/α-hetero) is 1. The van der Waals surface area contributed by atoms with E-state index in [-0.39, 0.29) is 17.2 Å². The van der Waals surface area contributed by atoms with Gasteiger partial charge in [-0.15, -0.1) is 10.2 Å². The van der Waals surface area contributed by atoms with E-state index in [2.05, 4.69) is 15.2 Å². The van der Waals surface area contributed by atoms with Crippen LogP contribution in [-0.4, -0.2) is 15.9 Å². The fraction of sp³-hybridized carbons (Fsp3) is 0.167. The van der Waals surface area contributed by atoms with Gasteiger partial charge in [-0.05, 0) is 25.1 Å². The highest BCUT2D eigenvalue weighted by Crippen LogP contribution is 2.30. The molecule has 1 N–H and O–H groups in total. The van der Waals surface area contributed by atoms with E-state index in [9.17, 15) is 9.90 Å². The van der Waals surface area contributed by atoms with E-state index in [1.165, 1.54) is 25.2 Å². The number of aliphatic hydroxyl groups excluding tert-OH is 1. The van der Waals surface area contributed by atoms with Gasteiger partial charge in [0, 0.05) is 11.9 Å². The molecule has 0 saturated heterocycles. The van der Waals surface area contributed by atoms with E-state index in [0.29, 0.717) is 10.2 Å². The Morgan fingerprint density at radius 3 is 2.79 bits per heavy atom. The number of allylic oxidation sites excluding steroid dienone is 2. The van der Waals surface area contributed by atoms with Gasteiger partial charge in [0.15, 0.2) is 11.5 Å². The van der Waals surface area contributed by atoms with E-state index in [1.807, 2.05) is 0 Å². The maximum Gasteiger partial charge on any atom is 0.231 e. The molecule has 0 saturated carbocycles. The zero-order valence-electron chi connectivity index (χ0n) is 10.2. The predicted molar refractivity (Wildman–Crippen MR) is 75.2 cm³/mol. The van der Waals surface area contributed by atoms with Crippen molar-refractivity contribution in [2.75, 3.05) is 0 Å². The smallest absolute Gasteiger partial charge is 0.231 e. The number of halogens is 1. The van der Waals surface area contributed by atoms with Crippen molar-refractivity contribution in [1.29, 1.82) is 0 Å². The van der Waals surface area contributed by atoms with Gasteiger partial charge in [-0.1, -0.05) is 22.9 Å². The fourth-order valence-corrected chi connectivity index (χ4v) is 2.48. The van der Waals surface area contributed by atoms with Crippen LogP contribution in [0.5, 0.6) is 0 Å². The molecule has 1 aromatic carbocycles. The van der Waals surface area contributed by atoms with Crippen molar-refractivity contribution < 1.29 is 9.90 Å². The number of carbonyl (C=O) groups excluding carboxylic acids is 1. The molecule has 0 spiro atoms. The van der Waals surface area contributed by atoms with Gasteiger partial charge in [0.25, 0.3) is 0 Å². The first-order valence-electron chi connectivity index (χ1n) is 5.36. The number of aliphatic hydroxyl groups is 1. The Morgan fingerprint density at radius 2 is 2.16 bits per heavy atom. The molecule has 1 heterocycles. The number of ketones is 1. The number of thiazole rings is 1. The second-order valence-electron chi connectivity index (χ2n) is 3.80. The Kier molecular flexibility index (Phi) is 3.92. The topological polar surface area (TPSA) is 74.9 Å². The fourth-order valence-electron chi connectivity index (χ4n) is 1.42. The molecule has 0 amide bonds. The molecule has 19 heavy (non-hydrogen) atoms. The van der Waals surface area contributed by atoms with Crippen LogP contribution in [-0.2, 0) is 4.79 Å². The number of rotatable bonds is 3. The summed E-state index contributed by atoms with van der Waals surface area (Å²) >= 11 is 7.18. The Bertz CT molecular complexity index is 702. The Morgan fingerprint density at radius 1 is 1.42 bits per heavy atom. The summed E-state index contributed by atoms with van der Waals surface area (Å²) in [5, 5.41) is 17.9. The molecule has 2 rings (SSSR count). The first-order chi connectivity index (χ1) is 8.97. The van der Waals surface area contributed by atoms with Crippen LogP contribution in [0.15, 0.2) is 39.9 Å². The van der Waals surface area contributed by atoms with Crippen molar-refractivity contribution in [2.24, 2.45) is 10.2 Å². The maximum atomic E-state index is 11.2. The highest BCUT2D eigenvalue weighted by atomic mass is 35.5. The van der Waals surface area contributed by atoms with E-state index < -0.39 is 0 Å². The number of benzene rings is 1. The van der Waals surface area contributed by atoms with Crippen molar-refractivity contribution >= 4 is 44.1 Å². The molecule has 0 aliphatic heterocycles. The van der Waals surface area contributed by atoms with Gasteiger partial charge >= 0.3 is 0 Å². The first-order valence-corrected chi connectivity index (χ1v) is 6.55. The normalized spacial score (nSPS) is 13.0. The molecule has 0 unspecified atom stereocenters. The van der Waals surface area contributed by atoms with Crippen molar-refractivity contribution in [2.45, 2.75) is 13.8 Å². The van der Waals surface area contributed by atoms with Crippen molar-refractivity contribution in [3.05, 3.63) is 34.7 Å². The SMILES string of the molecule is CC(=O)/C(N=Nc1nc2ccc(Cl)cc2s1)=C(\C)O. The number of aromatic nitrogens is 1. The van der Waals surface area contributed by atoms with Crippen LogP contribution < -0.4 is 0 Å². The molecule has 2 aromatic rings. The summed E-state index contributed by atoms with van der Waals surface area (Å²) in [6.45, 7) is 2.69. The number of hydrogen-bond acceptors (Lipinski definition) is 6. The molecular formula is C12H10ClN3O2S. The van der Waals surface area contributed by atoms with Crippen LogP contribution in [0.3, 0.4) is 0 Å². The minimum absolute atomic E-state index is 0.0720. The molecule has 0 aliphatic rings. The molecular weight excluding hydrogens is 286 g/mol. The number of hydrogen-bond donors (Lipinski definition) is 1. The summed E-state index contributed by atoms with van der Waals surface area (Å²) in [4.78, 5) is 15.4. The lowest BCUT2D eigenvalue weighted by Crippen LogP contribution is -1.96. The third kappa shape index (κ3) is 3.15. The van der Waals surface area contributed by atoms with Crippen molar-refractivity contribution in [3.63, 3.8) is 0 Å². The van der Waals surface area contributed by atoms with Crippen molar-refractivity contribution in [1.82, 2.24) is 4.98 Å². The molecule has 98 valence electrons. The van der Waals surface area contributed by atoms with E-state index in [1.54, 1.807) is 18.2 Å². The minimum atomic E-state index is -0.354. The van der Waals surface area contributed by atoms with Crippen LogP contribution in [0.2, 0.25) is 5.02 Å². The van der Waals surface area contributed by atoms with Crippen molar-refractivity contribution in [3.8, 4) is 0 Å². The zero-order valence-corrected chi connectivity index (χ0v) is 11.8. The zero-order chi connectivity index (χ0) is 14.0. The highest BCUT2D eigenvalue weighted by Gasteiger charge is 2.08. The molecule has 0 bridgehead atoms. The lowest BCUT2D eigenvalue weighted by Gasteiger charge is -1.94. The predicted octanol–water partition coefficient (Wildman–Crippen LogP) is 4.41. The summed E-state index contributed by atoms with van der Waals surface area (Å²) in [6.07, 6.45) is 0. The molecule has 0 fully saturated rings. The first kappa shape index (κ1) is 13.6. The quantitative estimate of drug-likeness (QED) is 0.517. The van der Waals surface area contributed by atoms with Gasteiger partial charge < -0.3 is 5.11 Å². The lowest BCUT2D eigenvalue weighted by atomic mass is 10.3. The van der Waals surface area contributed by atoms with Gasteiger partial charge in [0.2, 0.25) is 5.13 Å². The Labute approximate surface area is 118 Å². The standard InChI is InChI=1S/C12H10ClN3O2S/c1-6(17)11(7(2)18)15-16-12-14-9-4-3-8(13)5-10(9)19-12/h3-5,17H,1-2H3/b11-6-,16-15?. The third-order valence-corrected chi connectivity index (χ3v) is 3.39. The van der Waals surface area contributed by atoms with Gasteiger partial charge in [-0.2, -0.15) is 0 Å². The van der Waals surface area contributed by atoms with Gasteiger partial charge in [0.1, 0.15) is 5.76 Å². The average molecular weight is 296 g/mol. The number of nitrogens with zero attached hydrogens (tertiary/aromatic N) is 3. The summed E-state index contributed by atoms with van der Waals surface area (Å²) < 4.78 is 0.885. The number of carbonyl (C=O) groups is 1. The number of fused-ring (bicyclic) bond motifs is 1. The summed E-state index contributed by atoms with van der Waals surface area (Å²) in [6, 6.07) is 5.31. The molecule has 0 radical (unpaired) electrons. The van der Waals surface area contributed by atoms with E-state index in [0.717, 1.165) is 10.2 Å². The average Bonchev–Trinajstić information content (AvgIpc) is 2.70. The maximum absolute atomic E-state index is 11.2. The second-order valence-corrected chi connectivity index (χ2v) is 5.24. The monoisotopic (exact) mass is 295 g/mol.